The Hall–Kier alpha value is -0.533. The maximum absolute atomic E-state index is 2.28. The predicted molar refractivity (Wildman–Crippen MR) is 71.1 cm³/mol. The van der Waals surface area contributed by atoms with E-state index in [1.165, 1.54) is 21.7 Å². The summed E-state index contributed by atoms with van der Waals surface area (Å²) in [6, 6.07) is 17.4. The molecule has 0 bridgehead atoms. The predicted octanol–water partition coefficient (Wildman–Crippen LogP) is 0.0492. The van der Waals surface area contributed by atoms with Gasteiger partial charge in [-0.2, -0.15) is 0 Å². The molecular formula is C14H16LiP. The molecule has 2 aromatic rings. The Morgan fingerprint density at radius 1 is 0.812 bits per heavy atom. The molecule has 0 aromatic heterocycles. The van der Waals surface area contributed by atoms with Crippen LogP contribution in [0.25, 0.3) is 0 Å². The van der Waals surface area contributed by atoms with E-state index in [2.05, 4.69) is 62.4 Å². The van der Waals surface area contributed by atoms with E-state index in [4.69, 9.17) is 0 Å². The Bertz CT molecular complexity index is 437. The molecule has 0 saturated carbocycles. The molecule has 2 rings (SSSR count). The van der Waals surface area contributed by atoms with E-state index in [-0.39, 0.29) is 20.3 Å². The van der Waals surface area contributed by atoms with Crippen LogP contribution in [0.2, 0.25) is 0 Å². The zero-order valence-electron chi connectivity index (χ0n) is 11.1. The van der Waals surface area contributed by atoms with Crippen molar-refractivity contribution in [1.29, 1.82) is 0 Å². The molecule has 0 saturated heterocycles. The van der Waals surface area contributed by atoms with E-state index in [1.807, 2.05) is 0 Å². The molecule has 0 spiro atoms. The molecule has 0 aliphatic carbocycles. The van der Waals surface area contributed by atoms with Gasteiger partial charge in [0.05, 0.1) is 0 Å². The van der Waals surface area contributed by atoms with Gasteiger partial charge in [0.1, 0.15) is 0 Å². The van der Waals surface area contributed by atoms with Gasteiger partial charge < -0.3 is 1.43 Å². The normalized spacial score (nSPS) is 10.4. The van der Waals surface area contributed by atoms with Crippen molar-refractivity contribution in [3.8, 4) is 0 Å². The van der Waals surface area contributed by atoms with E-state index < -0.39 is 0 Å². The van der Waals surface area contributed by atoms with Crippen molar-refractivity contribution in [2.75, 3.05) is 0 Å². The van der Waals surface area contributed by atoms with Crippen LogP contribution in [0, 0.1) is 13.8 Å². The minimum Gasteiger partial charge on any atom is -1.00 e. The number of aryl methyl sites for hydroxylation is 2. The number of hydrogen-bond acceptors (Lipinski definition) is 0. The van der Waals surface area contributed by atoms with Gasteiger partial charge in [-0.15, -0.1) is 0 Å². The maximum atomic E-state index is 2.28. The van der Waals surface area contributed by atoms with Gasteiger partial charge >= 0.3 is 18.9 Å². The molecule has 1 atom stereocenters. The topological polar surface area (TPSA) is 0 Å². The zero-order valence-corrected chi connectivity index (χ0v) is 11.1. The van der Waals surface area contributed by atoms with Gasteiger partial charge in [-0.05, 0) is 24.5 Å². The smallest absolute Gasteiger partial charge is 1.00 e. The second kappa shape index (κ2) is 6.26. The second-order valence-corrected chi connectivity index (χ2v) is 5.27. The molecule has 0 heterocycles. The summed E-state index contributed by atoms with van der Waals surface area (Å²) in [5, 5.41) is 2.83. The van der Waals surface area contributed by atoms with Gasteiger partial charge in [0.2, 0.25) is 0 Å². The van der Waals surface area contributed by atoms with E-state index in [0.29, 0.717) is 0 Å². The maximum Gasteiger partial charge on any atom is 1.00 e. The second-order valence-electron chi connectivity index (χ2n) is 3.87. The van der Waals surface area contributed by atoms with Crippen molar-refractivity contribution < 1.29 is 20.3 Å². The quantitative estimate of drug-likeness (QED) is 0.497. The molecule has 78 valence electrons. The minimum atomic E-state index is 0. The summed E-state index contributed by atoms with van der Waals surface area (Å²) >= 11 is 0. The molecule has 0 N–H and O–H groups in total. The molecule has 2 heteroatoms. The van der Waals surface area contributed by atoms with Gasteiger partial charge in [0.25, 0.3) is 0 Å². The molecule has 0 aliphatic rings. The molecule has 0 aliphatic heterocycles. The fourth-order valence-electron chi connectivity index (χ4n) is 1.74. The Balaban J connectivity index is 0.00000128. The van der Waals surface area contributed by atoms with Crippen LogP contribution in [0.1, 0.15) is 12.6 Å². The first-order chi connectivity index (χ1) is 7.24. The summed E-state index contributed by atoms with van der Waals surface area (Å²) in [5.74, 6) is 0. The summed E-state index contributed by atoms with van der Waals surface area (Å²) in [7, 11) is 0.770. The van der Waals surface area contributed by atoms with Crippen LogP contribution in [0.4, 0.5) is 0 Å². The van der Waals surface area contributed by atoms with Crippen LogP contribution in [0.15, 0.2) is 48.5 Å². The molecule has 0 radical (unpaired) electrons. The van der Waals surface area contributed by atoms with E-state index in [9.17, 15) is 0 Å². The average molecular weight is 222 g/mol. The molecular weight excluding hydrogens is 206 g/mol. The average Bonchev–Trinajstić information content (AvgIpc) is 2.17. The molecule has 16 heavy (non-hydrogen) atoms. The molecule has 2 aromatic carbocycles. The van der Waals surface area contributed by atoms with Crippen molar-refractivity contribution in [2.45, 2.75) is 13.8 Å². The van der Waals surface area contributed by atoms with Crippen molar-refractivity contribution in [1.82, 2.24) is 0 Å². The third kappa shape index (κ3) is 3.80. The van der Waals surface area contributed by atoms with Crippen molar-refractivity contribution in [3.63, 3.8) is 0 Å². The summed E-state index contributed by atoms with van der Waals surface area (Å²) in [4.78, 5) is 0. The third-order valence-electron chi connectivity index (χ3n) is 2.28. The third-order valence-corrected chi connectivity index (χ3v) is 3.48. The number of hydrogen-bond donors (Lipinski definition) is 0. The SMILES string of the molecule is Cc1cc(C)cc(Pc2ccccc2)c1.[H-].[Li+]. The van der Waals surface area contributed by atoms with Gasteiger partial charge in [-0.1, -0.05) is 68.2 Å². The first kappa shape index (κ1) is 13.5. The zero-order chi connectivity index (χ0) is 10.7. The van der Waals surface area contributed by atoms with E-state index >= 15 is 0 Å². The van der Waals surface area contributed by atoms with Crippen molar-refractivity contribution in [2.24, 2.45) is 0 Å². The van der Waals surface area contributed by atoms with Crippen LogP contribution < -0.4 is 29.5 Å². The molecule has 0 fully saturated rings. The van der Waals surface area contributed by atoms with Crippen LogP contribution >= 0.6 is 8.58 Å². The van der Waals surface area contributed by atoms with Crippen LogP contribution in [-0.2, 0) is 0 Å². The number of benzene rings is 2. The summed E-state index contributed by atoms with van der Waals surface area (Å²) < 4.78 is 0. The Labute approximate surface area is 113 Å². The first-order valence-electron chi connectivity index (χ1n) is 5.14. The van der Waals surface area contributed by atoms with Gasteiger partial charge in [0.15, 0.2) is 0 Å². The Morgan fingerprint density at radius 3 is 1.94 bits per heavy atom. The van der Waals surface area contributed by atoms with Gasteiger partial charge in [0, 0.05) is 0 Å². The standard InChI is InChI=1S/C14H15P.Li.H/c1-11-8-12(2)10-14(9-11)15-13-6-4-3-5-7-13;;/h3-10,15H,1-2H3;;/q;+1;-1. The van der Waals surface area contributed by atoms with Crippen molar-refractivity contribution in [3.05, 3.63) is 59.7 Å². The van der Waals surface area contributed by atoms with Crippen LogP contribution in [-0.4, -0.2) is 0 Å². The Morgan fingerprint density at radius 2 is 1.38 bits per heavy atom. The molecule has 0 nitrogen and oxygen atoms in total. The van der Waals surface area contributed by atoms with Crippen LogP contribution in [0.3, 0.4) is 0 Å². The van der Waals surface area contributed by atoms with Crippen molar-refractivity contribution >= 4 is 19.2 Å². The monoisotopic (exact) mass is 222 g/mol. The van der Waals surface area contributed by atoms with E-state index in [1.54, 1.807) is 0 Å². The first-order valence-corrected chi connectivity index (χ1v) is 6.14. The Kier molecular flexibility index (Phi) is 5.30. The van der Waals surface area contributed by atoms with Gasteiger partial charge in [-0.3, -0.25) is 0 Å². The fraction of sp³-hybridized carbons (Fsp3) is 0.143. The van der Waals surface area contributed by atoms with Crippen LogP contribution in [0.5, 0.6) is 0 Å². The molecule has 0 amide bonds. The summed E-state index contributed by atoms with van der Waals surface area (Å²) in [6.45, 7) is 4.32. The largest absolute Gasteiger partial charge is 1.00 e. The summed E-state index contributed by atoms with van der Waals surface area (Å²) in [6.07, 6.45) is 0. The minimum absolute atomic E-state index is 0. The van der Waals surface area contributed by atoms with Gasteiger partial charge in [-0.25, -0.2) is 0 Å². The van der Waals surface area contributed by atoms with E-state index in [0.717, 1.165) is 8.58 Å². The fourth-order valence-corrected chi connectivity index (χ4v) is 3.03. The summed E-state index contributed by atoms with van der Waals surface area (Å²) in [5.41, 5.74) is 2.71. The molecule has 1 unspecified atom stereocenters. The number of rotatable bonds is 2.